The van der Waals surface area contributed by atoms with Crippen molar-refractivity contribution in [3.05, 3.63) is 30.5 Å². The van der Waals surface area contributed by atoms with Gasteiger partial charge in [-0.2, -0.15) is 0 Å². The standard InChI is InChI=1S/C20H27N3O6/c1-5-12-8-6-10-20(12,17(26)27)22-15(24)13-9-7-11-23(13)16(25)14(19(2,3)4)21-18(28)29/h5,8,10,12-14,21H,1,7,9,11H2,2-4H3,(H,22,24)(H,26,27)(H,28,29)/t12-,13+,14-,20-/m1/s1. The van der Waals surface area contributed by atoms with Crippen LogP contribution in [-0.2, 0) is 14.4 Å². The number of nitrogens with one attached hydrogen (secondary N) is 2. The summed E-state index contributed by atoms with van der Waals surface area (Å²) in [5, 5.41) is 23.6. The molecule has 2 rings (SSSR count). The summed E-state index contributed by atoms with van der Waals surface area (Å²) in [6.07, 6.45) is 3.75. The number of likely N-dealkylation sites (tertiary alicyclic amines) is 1. The zero-order chi connectivity index (χ0) is 22.0. The zero-order valence-corrected chi connectivity index (χ0v) is 16.8. The van der Waals surface area contributed by atoms with Crippen LogP contribution in [0.2, 0.25) is 0 Å². The van der Waals surface area contributed by atoms with Crippen molar-refractivity contribution in [1.82, 2.24) is 15.5 Å². The van der Waals surface area contributed by atoms with Gasteiger partial charge in [-0.15, -0.1) is 12.3 Å². The minimum absolute atomic E-state index is 0.282. The van der Waals surface area contributed by atoms with E-state index >= 15 is 0 Å². The number of nitrogens with zero attached hydrogens (tertiary/aromatic N) is 1. The molecule has 0 unspecified atom stereocenters. The minimum atomic E-state index is -1.71. The highest BCUT2D eigenvalue weighted by Crippen LogP contribution is 2.29. The zero-order valence-electron chi connectivity index (χ0n) is 16.8. The second kappa shape index (κ2) is 8.13. The normalized spacial score (nSPS) is 26.8. The molecule has 2 aliphatic rings. The minimum Gasteiger partial charge on any atom is -0.479 e. The molecule has 0 bridgehead atoms. The maximum Gasteiger partial charge on any atom is 0.405 e. The topological polar surface area (TPSA) is 136 Å². The van der Waals surface area contributed by atoms with Crippen LogP contribution >= 0.6 is 0 Å². The van der Waals surface area contributed by atoms with E-state index in [0.717, 1.165) is 0 Å². The summed E-state index contributed by atoms with van der Waals surface area (Å²) in [6, 6.07) is -1.94. The molecule has 1 fully saturated rings. The van der Waals surface area contributed by atoms with Crippen molar-refractivity contribution in [1.29, 1.82) is 0 Å². The van der Waals surface area contributed by atoms with E-state index in [1.165, 1.54) is 23.1 Å². The Morgan fingerprint density at radius 3 is 2.48 bits per heavy atom. The van der Waals surface area contributed by atoms with E-state index in [2.05, 4.69) is 22.9 Å². The SMILES string of the molecule is C=C[C@@H]1C=C=C[C@]1(NC(=O)[C@@H]1CCCN1C(=O)[C@@H](NC(=O)O)C(C)(C)C)C(=O)O. The third kappa shape index (κ3) is 4.35. The molecule has 9 heteroatoms. The van der Waals surface area contributed by atoms with Crippen molar-refractivity contribution >= 4 is 23.9 Å². The molecule has 0 radical (unpaired) electrons. The van der Waals surface area contributed by atoms with Crippen molar-refractivity contribution in [3.63, 3.8) is 0 Å². The number of aliphatic carboxylic acids is 1. The lowest BCUT2D eigenvalue weighted by atomic mass is 9.85. The summed E-state index contributed by atoms with van der Waals surface area (Å²) >= 11 is 0. The lowest BCUT2D eigenvalue weighted by molar-refractivity contribution is -0.148. The van der Waals surface area contributed by atoms with Gasteiger partial charge in [0.2, 0.25) is 11.8 Å². The molecule has 0 aromatic heterocycles. The summed E-state index contributed by atoms with van der Waals surface area (Å²) in [7, 11) is 0. The Labute approximate surface area is 169 Å². The van der Waals surface area contributed by atoms with Gasteiger partial charge in [-0.3, -0.25) is 9.59 Å². The Kier molecular flexibility index (Phi) is 6.23. The quantitative estimate of drug-likeness (QED) is 0.386. The number of amides is 3. The lowest BCUT2D eigenvalue weighted by Gasteiger charge is -2.36. The molecule has 1 aliphatic carbocycles. The fourth-order valence-electron chi connectivity index (χ4n) is 3.67. The van der Waals surface area contributed by atoms with Crippen LogP contribution in [0, 0.1) is 11.3 Å². The molecular formula is C20H27N3O6. The Balaban J connectivity index is 2.25. The molecule has 9 nitrogen and oxygen atoms in total. The van der Waals surface area contributed by atoms with E-state index in [-0.39, 0.29) is 6.54 Å². The van der Waals surface area contributed by atoms with Crippen molar-refractivity contribution in [3.8, 4) is 0 Å². The van der Waals surface area contributed by atoms with Crippen LogP contribution in [0.4, 0.5) is 4.79 Å². The first-order valence-corrected chi connectivity index (χ1v) is 9.35. The van der Waals surface area contributed by atoms with Gasteiger partial charge in [0.25, 0.3) is 0 Å². The largest absolute Gasteiger partial charge is 0.479 e. The first-order chi connectivity index (χ1) is 13.4. The van der Waals surface area contributed by atoms with E-state index in [4.69, 9.17) is 5.11 Å². The van der Waals surface area contributed by atoms with Crippen LogP contribution in [0.1, 0.15) is 33.6 Å². The second-order valence-electron chi connectivity index (χ2n) is 8.34. The molecule has 158 valence electrons. The predicted octanol–water partition coefficient (Wildman–Crippen LogP) is 1.13. The van der Waals surface area contributed by atoms with Crippen molar-refractivity contribution in [2.24, 2.45) is 11.3 Å². The van der Waals surface area contributed by atoms with E-state index in [1.54, 1.807) is 20.8 Å². The highest BCUT2D eigenvalue weighted by atomic mass is 16.4. The Morgan fingerprint density at radius 2 is 1.97 bits per heavy atom. The average Bonchev–Trinajstić information content (AvgIpc) is 3.25. The molecule has 0 aromatic carbocycles. The Bertz CT molecular complexity index is 789. The van der Waals surface area contributed by atoms with Crippen LogP contribution in [0.3, 0.4) is 0 Å². The fourth-order valence-corrected chi connectivity index (χ4v) is 3.67. The van der Waals surface area contributed by atoms with Crippen LogP contribution < -0.4 is 10.6 Å². The smallest absolute Gasteiger partial charge is 0.405 e. The second-order valence-corrected chi connectivity index (χ2v) is 8.34. The van der Waals surface area contributed by atoms with Gasteiger partial charge in [0.1, 0.15) is 12.1 Å². The van der Waals surface area contributed by atoms with Crippen LogP contribution in [0.5, 0.6) is 0 Å². The molecule has 4 N–H and O–H groups in total. The summed E-state index contributed by atoms with van der Waals surface area (Å²) in [6.45, 7) is 9.06. The molecule has 3 amide bonds. The Hall–Kier alpha value is -3.06. The third-order valence-corrected chi connectivity index (χ3v) is 5.27. The van der Waals surface area contributed by atoms with E-state index in [9.17, 15) is 24.3 Å². The van der Waals surface area contributed by atoms with Crippen molar-refractivity contribution < 1.29 is 29.4 Å². The average molecular weight is 405 g/mol. The Morgan fingerprint density at radius 1 is 1.31 bits per heavy atom. The maximum absolute atomic E-state index is 13.1. The molecule has 0 aromatic rings. The number of carboxylic acids is 1. The molecule has 0 saturated carbocycles. The summed E-state index contributed by atoms with van der Waals surface area (Å²) < 4.78 is 0. The number of hydrogen-bond acceptors (Lipinski definition) is 4. The highest BCUT2D eigenvalue weighted by Gasteiger charge is 2.48. The first-order valence-electron chi connectivity index (χ1n) is 9.35. The van der Waals surface area contributed by atoms with Gasteiger partial charge in [-0.25, -0.2) is 9.59 Å². The molecule has 0 spiro atoms. The van der Waals surface area contributed by atoms with Crippen LogP contribution in [-0.4, -0.2) is 63.2 Å². The van der Waals surface area contributed by atoms with Gasteiger partial charge in [-0.1, -0.05) is 26.8 Å². The van der Waals surface area contributed by atoms with Gasteiger partial charge in [0.05, 0.1) is 0 Å². The van der Waals surface area contributed by atoms with Gasteiger partial charge < -0.3 is 25.7 Å². The van der Waals surface area contributed by atoms with Crippen LogP contribution in [0.15, 0.2) is 30.5 Å². The number of rotatable bonds is 6. The lowest BCUT2D eigenvalue weighted by Crippen LogP contribution is -2.62. The third-order valence-electron chi connectivity index (χ3n) is 5.27. The van der Waals surface area contributed by atoms with E-state index in [1.807, 2.05) is 0 Å². The molecule has 1 aliphatic heterocycles. The highest BCUT2D eigenvalue weighted by molar-refractivity contribution is 5.96. The number of carbonyl (C=O) groups excluding carboxylic acids is 2. The summed E-state index contributed by atoms with van der Waals surface area (Å²) in [5.74, 6) is -3.05. The van der Waals surface area contributed by atoms with Gasteiger partial charge in [0.15, 0.2) is 5.54 Å². The van der Waals surface area contributed by atoms with Crippen molar-refractivity contribution in [2.45, 2.75) is 51.2 Å². The molecule has 29 heavy (non-hydrogen) atoms. The van der Waals surface area contributed by atoms with E-state index in [0.29, 0.717) is 12.8 Å². The fraction of sp³-hybridized carbons (Fsp3) is 0.550. The van der Waals surface area contributed by atoms with Crippen LogP contribution in [0.25, 0.3) is 0 Å². The number of carbonyl (C=O) groups is 4. The first kappa shape index (κ1) is 22.2. The molecule has 1 saturated heterocycles. The van der Waals surface area contributed by atoms with Gasteiger partial charge >= 0.3 is 12.1 Å². The number of hydrogen-bond donors (Lipinski definition) is 4. The van der Waals surface area contributed by atoms with Crippen molar-refractivity contribution in [2.75, 3.05) is 6.54 Å². The monoisotopic (exact) mass is 405 g/mol. The maximum atomic E-state index is 13.1. The summed E-state index contributed by atoms with van der Waals surface area (Å²) in [4.78, 5) is 50.4. The molecule has 4 atom stereocenters. The predicted molar refractivity (Wildman–Crippen MR) is 104 cm³/mol. The van der Waals surface area contributed by atoms with Gasteiger partial charge in [-0.05, 0) is 30.4 Å². The molecule has 1 heterocycles. The van der Waals surface area contributed by atoms with E-state index < -0.39 is 52.8 Å². The molecular weight excluding hydrogens is 378 g/mol. The van der Waals surface area contributed by atoms with Gasteiger partial charge in [0, 0.05) is 12.5 Å². The summed E-state index contributed by atoms with van der Waals surface area (Å²) in [5.41, 5.74) is 0.288. The number of carboxylic acid groups (broad SMARTS) is 2.